The summed E-state index contributed by atoms with van der Waals surface area (Å²) in [6.45, 7) is 9.24. The van der Waals surface area contributed by atoms with Gasteiger partial charge >= 0.3 is 0 Å². The maximum absolute atomic E-state index is 11.9. The molecule has 0 radical (unpaired) electrons. The molecule has 1 fully saturated rings. The van der Waals surface area contributed by atoms with E-state index < -0.39 is 0 Å². The van der Waals surface area contributed by atoms with Crippen molar-refractivity contribution in [1.29, 1.82) is 0 Å². The van der Waals surface area contributed by atoms with E-state index in [9.17, 15) is 10.1 Å². The molecule has 0 aromatic heterocycles. The molecule has 0 amide bonds. The van der Waals surface area contributed by atoms with Crippen molar-refractivity contribution < 1.29 is 4.92 Å². The van der Waals surface area contributed by atoms with E-state index in [1.165, 1.54) is 39.6 Å². The largest absolute Gasteiger partial charge is 0.347 e. The summed E-state index contributed by atoms with van der Waals surface area (Å²) < 4.78 is 0.520. The van der Waals surface area contributed by atoms with Crippen LogP contribution < -0.4 is 4.90 Å². The van der Waals surface area contributed by atoms with Gasteiger partial charge in [0.05, 0.1) is 9.40 Å². The lowest BCUT2D eigenvalue weighted by atomic mass is 9.68. The highest BCUT2D eigenvalue weighted by atomic mass is 79.9. The van der Waals surface area contributed by atoms with E-state index in [0.717, 1.165) is 48.9 Å². The van der Waals surface area contributed by atoms with Gasteiger partial charge in [0.1, 0.15) is 0 Å². The summed E-state index contributed by atoms with van der Waals surface area (Å²) in [5, 5.41) is 14.4. The maximum atomic E-state index is 11.9. The highest BCUT2D eigenvalue weighted by Crippen LogP contribution is 2.56. The Hall–Kier alpha value is -3.96. The number of nitro benzene ring substituents is 1. The standard InChI is InChI=1S/C39H39BrN2O2/c1-27-20-21-30-17-9-10-18-31(30)37(27)38(3,26-29-15-7-5-8-16-29)28(2)14-13-19-36-39(22-11-6-12-23-39)32-24-35(42(43)44)33(40)25-34(32)41(36)4/h5,7-10,13-21,24-25H,2,6,11-12,22-23,26H2,1,3-4H3/b14-13+,36-19+. The zero-order chi connectivity index (χ0) is 31.1. The van der Waals surface area contributed by atoms with E-state index in [4.69, 9.17) is 6.58 Å². The summed E-state index contributed by atoms with van der Waals surface area (Å²) in [6, 6.07) is 27.5. The Balaban J connectivity index is 1.43. The van der Waals surface area contributed by atoms with Crippen molar-refractivity contribution in [3.8, 4) is 0 Å². The van der Waals surface area contributed by atoms with Crippen LogP contribution in [0.5, 0.6) is 0 Å². The zero-order valence-corrected chi connectivity index (χ0v) is 27.4. The molecule has 0 saturated heterocycles. The van der Waals surface area contributed by atoms with E-state index in [0.29, 0.717) is 4.47 Å². The van der Waals surface area contributed by atoms with Crippen LogP contribution >= 0.6 is 15.9 Å². The molecule has 6 rings (SSSR count). The number of benzene rings is 4. The number of hydrogen-bond donors (Lipinski definition) is 0. The smallest absolute Gasteiger partial charge is 0.283 e. The van der Waals surface area contributed by atoms with E-state index in [2.05, 4.69) is 127 Å². The third-order valence-electron chi connectivity index (χ3n) is 10.0. The van der Waals surface area contributed by atoms with Crippen LogP contribution in [0.2, 0.25) is 0 Å². The van der Waals surface area contributed by atoms with Crippen molar-refractivity contribution in [2.45, 2.75) is 63.2 Å². The van der Waals surface area contributed by atoms with Gasteiger partial charge < -0.3 is 4.90 Å². The molecule has 4 aromatic rings. The molecule has 44 heavy (non-hydrogen) atoms. The number of aryl methyl sites for hydroxylation is 1. The second kappa shape index (κ2) is 11.9. The zero-order valence-electron chi connectivity index (χ0n) is 25.8. The Labute approximate surface area is 269 Å². The molecule has 1 aliphatic heterocycles. The van der Waals surface area contributed by atoms with Crippen molar-refractivity contribution in [3.63, 3.8) is 0 Å². The van der Waals surface area contributed by atoms with Crippen LogP contribution in [0.1, 0.15) is 61.3 Å². The van der Waals surface area contributed by atoms with Gasteiger partial charge in [0.25, 0.3) is 5.69 Å². The number of likely N-dealkylation sites (N-methyl/N-ethyl adjacent to an activating group) is 1. The predicted octanol–water partition coefficient (Wildman–Crippen LogP) is 10.7. The molecule has 2 aliphatic rings. The number of nitro groups is 1. The minimum Gasteiger partial charge on any atom is -0.347 e. The molecule has 5 heteroatoms. The molecule has 1 atom stereocenters. The Kier molecular flexibility index (Phi) is 8.10. The molecule has 1 saturated carbocycles. The first-order valence-electron chi connectivity index (χ1n) is 15.5. The summed E-state index contributed by atoms with van der Waals surface area (Å²) in [5.41, 5.74) is 7.78. The summed E-state index contributed by atoms with van der Waals surface area (Å²) in [6.07, 6.45) is 12.8. The molecule has 1 aliphatic carbocycles. The van der Waals surface area contributed by atoms with E-state index in [-0.39, 0.29) is 21.4 Å². The SMILES string of the molecule is C=C(/C=C/C=C1/N(C)c2cc(Br)c([N+](=O)[O-])cc2C12CCCCC2)C(C)(Cc1ccccc1)c1c(C)ccc2ccccc12. The van der Waals surface area contributed by atoms with Gasteiger partial charge in [-0.2, -0.15) is 0 Å². The van der Waals surface area contributed by atoms with Gasteiger partial charge in [0, 0.05) is 35.3 Å². The van der Waals surface area contributed by atoms with Crippen LogP contribution in [-0.2, 0) is 17.3 Å². The number of fused-ring (bicyclic) bond motifs is 3. The quantitative estimate of drug-likeness (QED) is 0.114. The van der Waals surface area contributed by atoms with Crippen molar-refractivity contribution in [2.24, 2.45) is 0 Å². The summed E-state index contributed by atoms with van der Waals surface area (Å²) in [4.78, 5) is 13.8. The highest BCUT2D eigenvalue weighted by Gasteiger charge is 2.47. The topological polar surface area (TPSA) is 46.4 Å². The monoisotopic (exact) mass is 646 g/mol. The molecule has 1 heterocycles. The lowest BCUT2D eigenvalue weighted by Gasteiger charge is -2.36. The van der Waals surface area contributed by atoms with Crippen LogP contribution in [0.3, 0.4) is 0 Å². The number of hydrogen-bond acceptors (Lipinski definition) is 3. The molecule has 4 nitrogen and oxygen atoms in total. The average molecular weight is 648 g/mol. The number of anilines is 1. The third-order valence-corrected chi connectivity index (χ3v) is 10.7. The lowest BCUT2D eigenvalue weighted by Crippen LogP contribution is -2.32. The summed E-state index contributed by atoms with van der Waals surface area (Å²) >= 11 is 3.46. The second-order valence-electron chi connectivity index (χ2n) is 12.7. The summed E-state index contributed by atoms with van der Waals surface area (Å²) in [7, 11) is 2.09. The Bertz CT molecular complexity index is 1820. The van der Waals surface area contributed by atoms with Crippen LogP contribution in [0.25, 0.3) is 10.8 Å². The highest BCUT2D eigenvalue weighted by molar-refractivity contribution is 9.10. The first kappa shape index (κ1) is 30.1. The third kappa shape index (κ3) is 5.11. The van der Waals surface area contributed by atoms with Crippen LogP contribution in [0, 0.1) is 17.0 Å². The minimum absolute atomic E-state index is 0.134. The van der Waals surface area contributed by atoms with Gasteiger partial charge in [0.15, 0.2) is 0 Å². The normalized spacial score (nSPS) is 18.2. The van der Waals surface area contributed by atoms with Crippen LogP contribution in [-0.4, -0.2) is 12.0 Å². The molecule has 1 unspecified atom stereocenters. The van der Waals surface area contributed by atoms with Gasteiger partial charge in [-0.05, 0) is 92.9 Å². The lowest BCUT2D eigenvalue weighted by molar-refractivity contribution is -0.385. The molecule has 1 spiro atoms. The summed E-state index contributed by atoms with van der Waals surface area (Å²) in [5.74, 6) is 0. The van der Waals surface area contributed by atoms with Gasteiger partial charge in [-0.1, -0.05) is 112 Å². The predicted molar refractivity (Wildman–Crippen MR) is 187 cm³/mol. The Morgan fingerprint density at radius 2 is 1.75 bits per heavy atom. The number of nitrogens with zero attached hydrogens (tertiary/aromatic N) is 2. The minimum atomic E-state index is -0.347. The number of halogens is 1. The van der Waals surface area contributed by atoms with Crippen molar-refractivity contribution >= 4 is 38.1 Å². The fourth-order valence-electron chi connectivity index (χ4n) is 7.81. The van der Waals surface area contributed by atoms with Gasteiger partial charge in [0.2, 0.25) is 0 Å². The molecule has 0 bridgehead atoms. The van der Waals surface area contributed by atoms with Crippen LogP contribution in [0.15, 0.2) is 119 Å². The number of rotatable bonds is 7. The van der Waals surface area contributed by atoms with E-state index in [1.807, 2.05) is 12.1 Å². The first-order valence-corrected chi connectivity index (χ1v) is 16.3. The Morgan fingerprint density at radius 3 is 2.48 bits per heavy atom. The second-order valence-corrected chi connectivity index (χ2v) is 13.5. The van der Waals surface area contributed by atoms with Crippen molar-refractivity contribution in [1.82, 2.24) is 0 Å². The molecular formula is C39H39BrN2O2. The van der Waals surface area contributed by atoms with Crippen molar-refractivity contribution in [3.05, 3.63) is 152 Å². The Morgan fingerprint density at radius 1 is 1.05 bits per heavy atom. The molecule has 0 N–H and O–H groups in total. The molecule has 4 aromatic carbocycles. The fourth-order valence-corrected chi connectivity index (χ4v) is 8.29. The number of allylic oxidation sites excluding steroid dienone is 5. The van der Waals surface area contributed by atoms with E-state index in [1.54, 1.807) is 0 Å². The van der Waals surface area contributed by atoms with Crippen molar-refractivity contribution in [2.75, 3.05) is 11.9 Å². The van der Waals surface area contributed by atoms with E-state index >= 15 is 0 Å². The van der Waals surface area contributed by atoms with Crippen LogP contribution in [0.4, 0.5) is 11.4 Å². The molecule has 224 valence electrons. The average Bonchev–Trinajstić information content (AvgIpc) is 3.22. The van der Waals surface area contributed by atoms with Gasteiger partial charge in [-0.15, -0.1) is 0 Å². The van der Waals surface area contributed by atoms with Gasteiger partial charge in [-0.25, -0.2) is 0 Å². The molecular weight excluding hydrogens is 608 g/mol. The maximum Gasteiger partial charge on any atom is 0.283 e. The van der Waals surface area contributed by atoms with Gasteiger partial charge in [-0.3, -0.25) is 10.1 Å². The first-order chi connectivity index (χ1) is 21.2. The fraction of sp³-hybridized carbons (Fsp3) is 0.282.